The third-order valence-corrected chi connectivity index (χ3v) is 7.77. The zero-order valence-corrected chi connectivity index (χ0v) is 21.2. The molecule has 1 aliphatic rings. The number of sulfonamides is 1. The number of carbonyl (C=O) groups excluding carboxylic acids is 1. The molecule has 2 aromatic carbocycles. The number of nitrogens with one attached hydrogen (secondary N) is 1. The van der Waals surface area contributed by atoms with Gasteiger partial charge >= 0.3 is 0 Å². The maximum Gasteiger partial charge on any atom is 0.255 e. The fourth-order valence-corrected chi connectivity index (χ4v) is 5.72. The first kappa shape index (κ1) is 28.0. The highest BCUT2D eigenvalue weighted by molar-refractivity contribution is 7.89. The van der Waals surface area contributed by atoms with Crippen LogP contribution < -0.4 is 11.1 Å². The van der Waals surface area contributed by atoms with E-state index < -0.39 is 16.1 Å². The van der Waals surface area contributed by atoms with E-state index >= 15 is 0 Å². The van der Waals surface area contributed by atoms with Crippen molar-refractivity contribution in [2.24, 2.45) is 5.73 Å². The number of amides is 1. The lowest BCUT2D eigenvalue weighted by molar-refractivity contribution is 0.102. The van der Waals surface area contributed by atoms with Crippen LogP contribution in [0.3, 0.4) is 0 Å². The first-order valence-corrected chi connectivity index (χ1v) is 12.0. The second-order valence-electron chi connectivity index (χ2n) is 7.62. The molecule has 0 aliphatic carbocycles. The zero-order valence-electron chi connectivity index (χ0n) is 18.0. The average Bonchev–Trinajstić information content (AvgIpc) is 3.31. The molecule has 4 rings (SSSR count). The molecule has 0 radical (unpaired) electrons. The predicted molar refractivity (Wildman–Crippen MR) is 138 cm³/mol. The number of pyridine rings is 1. The van der Waals surface area contributed by atoms with Crippen LogP contribution in [0, 0.1) is 0 Å². The third kappa shape index (κ3) is 6.07. The van der Waals surface area contributed by atoms with E-state index in [0.717, 1.165) is 12.0 Å². The molecule has 1 fully saturated rings. The Morgan fingerprint density at radius 3 is 2.26 bits per heavy atom. The van der Waals surface area contributed by atoms with Crippen molar-refractivity contribution in [1.29, 1.82) is 0 Å². The third-order valence-electron chi connectivity index (χ3n) is 5.58. The van der Waals surface area contributed by atoms with Crippen LogP contribution in [0.4, 0.5) is 5.69 Å². The number of hydrogen-bond donors (Lipinski definition) is 2. The van der Waals surface area contributed by atoms with Gasteiger partial charge in [0, 0.05) is 47.3 Å². The van der Waals surface area contributed by atoms with Gasteiger partial charge in [0.1, 0.15) is 0 Å². The Hall–Kier alpha value is -2.20. The average molecular weight is 544 g/mol. The van der Waals surface area contributed by atoms with Crippen LogP contribution in [0.15, 0.2) is 78.0 Å². The van der Waals surface area contributed by atoms with Crippen molar-refractivity contribution in [2.75, 3.05) is 11.9 Å². The van der Waals surface area contributed by atoms with Gasteiger partial charge in [-0.05, 0) is 66.9 Å². The van der Waals surface area contributed by atoms with Gasteiger partial charge < -0.3 is 11.1 Å². The van der Waals surface area contributed by atoms with Gasteiger partial charge in [0.15, 0.2) is 0 Å². The van der Waals surface area contributed by atoms with Crippen molar-refractivity contribution in [3.8, 4) is 0 Å². The lowest BCUT2D eigenvalue weighted by Crippen LogP contribution is -2.42. The summed E-state index contributed by atoms with van der Waals surface area (Å²) in [4.78, 5) is 16.6. The summed E-state index contributed by atoms with van der Waals surface area (Å²) >= 11 is 5.90. The molecule has 1 saturated heterocycles. The monoisotopic (exact) mass is 542 g/mol. The molecule has 2 atom stereocenters. The topological polar surface area (TPSA) is 105 Å². The molecule has 1 amide bonds. The Labute approximate surface area is 216 Å². The van der Waals surface area contributed by atoms with Gasteiger partial charge in [-0.3, -0.25) is 9.78 Å². The molecule has 1 aliphatic heterocycles. The zero-order chi connectivity index (χ0) is 22.7. The summed E-state index contributed by atoms with van der Waals surface area (Å²) < 4.78 is 27.8. The van der Waals surface area contributed by atoms with Gasteiger partial charge in [-0.25, -0.2) is 8.42 Å². The second kappa shape index (κ2) is 12.0. The maximum atomic E-state index is 13.2. The van der Waals surface area contributed by atoms with Crippen molar-refractivity contribution in [2.45, 2.75) is 29.8 Å². The summed E-state index contributed by atoms with van der Waals surface area (Å²) in [5.74, 6) is -0.246. The summed E-state index contributed by atoms with van der Waals surface area (Å²) in [5, 5.41) is 3.28. The van der Waals surface area contributed by atoms with Crippen LogP contribution in [-0.4, -0.2) is 36.2 Å². The first-order valence-electron chi connectivity index (χ1n) is 10.2. The second-order valence-corrected chi connectivity index (χ2v) is 9.94. The van der Waals surface area contributed by atoms with E-state index in [-0.39, 0.29) is 41.7 Å². The van der Waals surface area contributed by atoms with Crippen LogP contribution in [-0.2, 0) is 10.0 Å². The number of benzene rings is 2. The highest BCUT2D eigenvalue weighted by Crippen LogP contribution is 2.33. The maximum absolute atomic E-state index is 13.2. The number of aromatic nitrogens is 1. The minimum atomic E-state index is -3.69. The number of nitrogens with two attached hydrogens (primary N) is 1. The normalized spacial score (nSPS) is 16.7. The van der Waals surface area contributed by atoms with E-state index in [0.29, 0.717) is 29.2 Å². The van der Waals surface area contributed by atoms with E-state index in [9.17, 15) is 13.2 Å². The van der Waals surface area contributed by atoms with Gasteiger partial charge in [-0.15, -0.1) is 24.8 Å². The molecule has 1 aromatic heterocycles. The molecule has 7 nitrogen and oxygen atoms in total. The number of anilines is 1. The summed E-state index contributed by atoms with van der Waals surface area (Å²) in [6.45, 7) is 0.412. The van der Waals surface area contributed by atoms with Crippen LogP contribution >= 0.6 is 36.4 Å². The minimum absolute atomic E-state index is 0. The fraction of sp³-hybridized carbons (Fsp3) is 0.217. The van der Waals surface area contributed by atoms with Crippen molar-refractivity contribution in [1.82, 2.24) is 9.29 Å². The van der Waals surface area contributed by atoms with E-state index in [2.05, 4.69) is 10.3 Å². The van der Waals surface area contributed by atoms with Crippen LogP contribution in [0.25, 0.3) is 0 Å². The molecular formula is C23H25Cl3N4O3S. The lowest BCUT2D eigenvalue weighted by atomic mass is 9.98. The molecule has 0 saturated carbocycles. The summed E-state index contributed by atoms with van der Waals surface area (Å²) in [6, 6.07) is 15.6. The summed E-state index contributed by atoms with van der Waals surface area (Å²) in [6.07, 6.45) is 4.60. The minimum Gasteiger partial charge on any atom is -0.323 e. The van der Waals surface area contributed by atoms with Gasteiger partial charge in [-0.2, -0.15) is 4.31 Å². The van der Waals surface area contributed by atoms with Gasteiger partial charge in [0.05, 0.1) is 4.90 Å². The van der Waals surface area contributed by atoms with E-state index in [4.69, 9.17) is 17.3 Å². The highest BCUT2D eigenvalue weighted by Gasteiger charge is 2.38. The van der Waals surface area contributed by atoms with Crippen molar-refractivity contribution in [3.05, 3.63) is 89.2 Å². The van der Waals surface area contributed by atoms with Crippen molar-refractivity contribution < 1.29 is 13.2 Å². The predicted octanol–water partition coefficient (Wildman–Crippen LogP) is 4.68. The molecule has 3 aromatic rings. The number of carbonyl (C=O) groups is 1. The van der Waals surface area contributed by atoms with E-state index in [1.54, 1.807) is 60.9 Å². The Bertz CT molecular complexity index is 1190. The molecule has 34 heavy (non-hydrogen) atoms. The number of hydrogen-bond acceptors (Lipinski definition) is 5. The molecule has 11 heteroatoms. The lowest BCUT2D eigenvalue weighted by Gasteiger charge is -2.29. The first-order chi connectivity index (χ1) is 15.4. The van der Waals surface area contributed by atoms with Gasteiger partial charge in [0.2, 0.25) is 10.0 Å². The SMILES string of the molecule is Cl.Cl.NC(c1ccc(C(=O)Nc2ccncc2)cc1)C1CCCN1S(=O)(=O)c1ccc(Cl)cc1. The number of halogens is 3. The molecule has 2 heterocycles. The smallest absolute Gasteiger partial charge is 0.255 e. The molecule has 0 spiro atoms. The van der Waals surface area contributed by atoms with E-state index in [1.807, 2.05) is 0 Å². The fourth-order valence-electron chi connectivity index (χ4n) is 3.88. The molecular weight excluding hydrogens is 519 g/mol. The Kier molecular flexibility index (Phi) is 9.87. The quantitative estimate of drug-likeness (QED) is 0.469. The Morgan fingerprint density at radius 2 is 1.65 bits per heavy atom. The van der Waals surface area contributed by atoms with Gasteiger partial charge in [-0.1, -0.05) is 23.7 Å². The molecule has 182 valence electrons. The van der Waals surface area contributed by atoms with Crippen LogP contribution in [0.5, 0.6) is 0 Å². The van der Waals surface area contributed by atoms with Crippen LogP contribution in [0.1, 0.15) is 34.8 Å². The molecule has 0 bridgehead atoms. The van der Waals surface area contributed by atoms with Crippen molar-refractivity contribution in [3.63, 3.8) is 0 Å². The largest absolute Gasteiger partial charge is 0.323 e. The highest BCUT2D eigenvalue weighted by atomic mass is 35.5. The Morgan fingerprint density at radius 1 is 1.03 bits per heavy atom. The Balaban J connectivity index is 0.00000204. The van der Waals surface area contributed by atoms with E-state index in [1.165, 1.54) is 16.4 Å². The van der Waals surface area contributed by atoms with Crippen molar-refractivity contribution >= 4 is 58.0 Å². The summed E-state index contributed by atoms with van der Waals surface area (Å²) in [7, 11) is -3.69. The van der Waals surface area contributed by atoms with Crippen LogP contribution in [0.2, 0.25) is 5.02 Å². The van der Waals surface area contributed by atoms with Gasteiger partial charge in [0.25, 0.3) is 5.91 Å². The number of nitrogens with zero attached hydrogens (tertiary/aromatic N) is 2. The number of rotatable bonds is 6. The molecule has 2 unspecified atom stereocenters. The standard InChI is InChI=1S/C23H23ClN4O3S.2ClH/c24-18-7-9-20(10-8-18)32(30,31)28-15-1-2-21(28)22(25)16-3-5-17(6-4-16)23(29)27-19-11-13-26-14-12-19;;/h3-14,21-22H,1-2,15,25H2,(H,26,27,29);2*1H. The summed E-state index contributed by atoms with van der Waals surface area (Å²) in [5.41, 5.74) is 8.41. The molecule has 3 N–H and O–H groups in total.